The second-order valence-electron chi connectivity index (χ2n) is 9.97. The van der Waals surface area contributed by atoms with Gasteiger partial charge in [-0.2, -0.15) is 0 Å². The van der Waals surface area contributed by atoms with Crippen LogP contribution in [0.5, 0.6) is 0 Å². The summed E-state index contributed by atoms with van der Waals surface area (Å²) in [5.41, 5.74) is 5.61. The molecule has 4 bridgehead atoms. The van der Waals surface area contributed by atoms with Crippen LogP contribution in [0.25, 0.3) is 0 Å². The zero-order valence-electron chi connectivity index (χ0n) is 17.0. The number of carbonyl (C=O) groups is 2. The fraction of sp³-hybridized carbons (Fsp3) is 0.727. The van der Waals surface area contributed by atoms with Gasteiger partial charge in [0.2, 0.25) is 17.8 Å². The van der Waals surface area contributed by atoms with Gasteiger partial charge in [-0.25, -0.2) is 9.97 Å². The number of amides is 2. The molecule has 156 valence electrons. The summed E-state index contributed by atoms with van der Waals surface area (Å²) in [6.07, 6.45) is 13.5. The first-order chi connectivity index (χ1) is 14.1. The molecule has 2 N–H and O–H groups in total. The summed E-state index contributed by atoms with van der Waals surface area (Å²) in [7, 11) is 0. The molecule has 0 aromatic carbocycles. The molecule has 1 saturated heterocycles. The van der Waals surface area contributed by atoms with Gasteiger partial charge in [0, 0.05) is 31.9 Å². The molecule has 4 aliphatic carbocycles. The molecule has 6 rings (SSSR count). The Kier molecular flexibility index (Phi) is 4.92. The molecule has 29 heavy (non-hydrogen) atoms. The zero-order valence-corrected chi connectivity index (χ0v) is 17.0. The van der Waals surface area contributed by atoms with Crippen molar-refractivity contribution in [1.82, 2.24) is 20.8 Å². The first kappa shape index (κ1) is 18.8. The minimum absolute atomic E-state index is 0.0284. The fourth-order valence-corrected chi connectivity index (χ4v) is 6.95. The van der Waals surface area contributed by atoms with E-state index < -0.39 is 0 Å². The predicted octanol–water partition coefficient (Wildman–Crippen LogP) is 2.45. The summed E-state index contributed by atoms with van der Waals surface area (Å²) in [6, 6.07) is 1.79. The number of nitrogens with zero attached hydrogens (tertiary/aromatic N) is 3. The van der Waals surface area contributed by atoms with Crippen molar-refractivity contribution in [2.75, 3.05) is 18.0 Å². The highest BCUT2D eigenvalue weighted by atomic mass is 16.2. The van der Waals surface area contributed by atoms with Gasteiger partial charge in [0.05, 0.1) is 5.92 Å². The first-order valence-electron chi connectivity index (χ1n) is 11.2. The van der Waals surface area contributed by atoms with Crippen LogP contribution in [-0.2, 0) is 9.59 Å². The number of carbonyl (C=O) groups excluding carboxylic acids is 2. The van der Waals surface area contributed by atoms with E-state index in [9.17, 15) is 9.59 Å². The van der Waals surface area contributed by atoms with Gasteiger partial charge in [-0.1, -0.05) is 0 Å². The van der Waals surface area contributed by atoms with Crippen LogP contribution in [0.2, 0.25) is 0 Å². The van der Waals surface area contributed by atoms with Crippen LogP contribution in [0.1, 0.15) is 57.8 Å². The van der Waals surface area contributed by atoms with E-state index in [0.717, 1.165) is 37.1 Å². The maximum Gasteiger partial charge on any atom is 0.243 e. The Morgan fingerprint density at radius 2 is 1.69 bits per heavy atom. The summed E-state index contributed by atoms with van der Waals surface area (Å²) in [6.45, 7) is 1.44. The van der Waals surface area contributed by atoms with E-state index in [2.05, 4.69) is 20.8 Å². The highest BCUT2D eigenvalue weighted by Crippen LogP contribution is 2.61. The summed E-state index contributed by atoms with van der Waals surface area (Å²) in [4.78, 5) is 35.9. The highest BCUT2D eigenvalue weighted by molar-refractivity contribution is 5.84. The second-order valence-corrected chi connectivity index (χ2v) is 9.97. The summed E-state index contributed by atoms with van der Waals surface area (Å²) in [5, 5.41) is 0. The van der Waals surface area contributed by atoms with E-state index in [4.69, 9.17) is 0 Å². The molecule has 5 fully saturated rings. The lowest BCUT2D eigenvalue weighted by molar-refractivity contribution is -0.135. The maximum absolute atomic E-state index is 12.7. The molecule has 7 heteroatoms. The van der Waals surface area contributed by atoms with Gasteiger partial charge in [0.25, 0.3) is 0 Å². The van der Waals surface area contributed by atoms with E-state index in [0.29, 0.717) is 18.9 Å². The molecule has 7 nitrogen and oxygen atoms in total. The normalized spacial score (nSPS) is 35.4. The number of hydrogen-bond donors (Lipinski definition) is 2. The quantitative estimate of drug-likeness (QED) is 0.762. The number of rotatable bonds is 4. The van der Waals surface area contributed by atoms with Crippen LogP contribution < -0.4 is 15.8 Å². The molecule has 4 saturated carbocycles. The average Bonchev–Trinajstić information content (AvgIpc) is 2.71. The maximum atomic E-state index is 12.7. The van der Waals surface area contributed by atoms with Gasteiger partial charge in [0.1, 0.15) is 0 Å². The van der Waals surface area contributed by atoms with E-state index >= 15 is 0 Å². The molecule has 0 spiro atoms. The third-order valence-electron chi connectivity index (χ3n) is 7.65. The number of hydrogen-bond acceptors (Lipinski definition) is 5. The monoisotopic (exact) mass is 397 g/mol. The number of anilines is 1. The third-order valence-corrected chi connectivity index (χ3v) is 7.65. The van der Waals surface area contributed by atoms with Gasteiger partial charge >= 0.3 is 0 Å². The molecule has 2 heterocycles. The number of aromatic nitrogens is 2. The zero-order chi connectivity index (χ0) is 19.8. The van der Waals surface area contributed by atoms with Crippen LogP contribution in [-0.4, -0.2) is 34.9 Å². The Balaban J connectivity index is 1.12. The molecular weight excluding hydrogens is 366 g/mol. The van der Waals surface area contributed by atoms with Gasteiger partial charge in [-0.3, -0.25) is 20.4 Å². The topological polar surface area (TPSA) is 87.2 Å². The largest absolute Gasteiger partial charge is 0.340 e. The summed E-state index contributed by atoms with van der Waals surface area (Å²) < 4.78 is 0. The Labute approximate surface area is 172 Å². The van der Waals surface area contributed by atoms with Crippen molar-refractivity contribution in [3.8, 4) is 0 Å². The molecule has 0 radical (unpaired) electrons. The number of nitrogens with one attached hydrogen (secondary N) is 2. The second kappa shape index (κ2) is 7.58. The molecule has 2 amide bonds. The van der Waals surface area contributed by atoms with E-state index in [1.54, 1.807) is 18.5 Å². The molecule has 1 atom stereocenters. The van der Waals surface area contributed by atoms with E-state index in [1.165, 1.54) is 38.5 Å². The lowest BCUT2D eigenvalue weighted by Crippen LogP contribution is -2.52. The van der Waals surface area contributed by atoms with Crippen LogP contribution in [0.15, 0.2) is 18.5 Å². The Hall–Kier alpha value is -2.18. The van der Waals surface area contributed by atoms with E-state index in [1.807, 2.05) is 4.90 Å². The predicted molar refractivity (Wildman–Crippen MR) is 108 cm³/mol. The molecule has 5 aliphatic rings. The Morgan fingerprint density at radius 3 is 2.34 bits per heavy atom. The number of piperidine rings is 1. The van der Waals surface area contributed by atoms with Gasteiger partial charge in [0.15, 0.2) is 0 Å². The van der Waals surface area contributed by atoms with Crippen molar-refractivity contribution in [2.24, 2.45) is 29.1 Å². The summed E-state index contributed by atoms with van der Waals surface area (Å²) in [5.74, 6) is 2.86. The van der Waals surface area contributed by atoms with Crippen molar-refractivity contribution in [3.63, 3.8) is 0 Å². The molecule has 1 aromatic rings. The van der Waals surface area contributed by atoms with Gasteiger partial charge in [-0.05, 0) is 80.6 Å². The van der Waals surface area contributed by atoms with Crippen molar-refractivity contribution in [3.05, 3.63) is 18.5 Å². The van der Waals surface area contributed by atoms with Gasteiger partial charge in [-0.15, -0.1) is 0 Å². The lowest BCUT2D eigenvalue weighted by atomic mass is 9.49. The minimum Gasteiger partial charge on any atom is -0.340 e. The molecule has 1 aromatic heterocycles. The van der Waals surface area contributed by atoms with Crippen molar-refractivity contribution >= 4 is 17.8 Å². The smallest absolute Gasteiger partial charge is 0.243 e. The average molecular weight is 398 g/mol. The van der Waals surface area contributed by atoms with Crippen LogP contribution in [0.4, 0.5) is 5.95 Å². The molecule has 1 aliphatic heterocycles. The lowest BCUT2D eigenvalue weighted by Gasteiger charge is -2.56. The minimum atomic E-state index is -0.160. The third kappa shape index (κ3) is 3.96. The Bertz CT molecular complexity index is 732. The molecule has 1 unspecified atom stereocenters. The van der Waals surface area contributed by atoms with Crippen LogP contribution in [0.3, 0.4) is 0 Å². The first-order valence-corrected chi connectivity index (χ1v) is 11.2. The van der Waals surface area contributed by atoms with Crippen LogP contribution >= 0.6 is 0 Å². The van der Waals surface area contributed by atoms with Crippen LogP contribution in [0, 0.1) is 29.1 Å². The van der Waals surface area contributed by atoms with E-state index in [-0.39, 0.29) is 23.1 Å². The standard InChI is InChI=1S/C22H31N5O2/c28-19(13-22-10-15-7-16(11-22)9-17(8-15)12-22)25-26-20(29)18-3-1-6-27(14-18)21-23-4-2-5-24-21/h2,4-5,15-18H,1,3,6-14H2,(H,25,28)(H,26,29). The van der Waals surface area contributed by atoms with Gasteiger partial charge < -0.3 is 4.90 Å². The van der Waals surface area contributed by atoms with Crippen molar-refractivity contribution < 1.29 is 9.59 Å². The molecular formula is C22H31N5O2. The summed E-state index contributed by atoms with van der Waals surface area (Å²) >= 11 is 0. The SMILES string of the molecule is O=C(CC12CC3CC(CC(C3)C1)C2)NNC(=O)C1CCCN(c2ncccn2)C1. The fourth-order valence-electron chi connectivity index (χ4n) is 6.95. The Morgan fingerprint density at radius 1 is 1.03 bits per heavy atom. The number of hydrazine groups is 1. The highest BCUT2D eigenvalue weighted by Gasteiger charge is 2.51. The van der Waals surface area contributed by atoms with Crippen molar-refractivity contribution in [2.45, 2.75) is 57.8 Å². The van der Waals surface area contributed by atoms with Crippen molar-refractivity contribution in [1.29, 1.82) is 0 Å².